The first-order valence-corrected chi connectivity index (χ1v) is 8.05. The van der Waals surface area contributed by atoms with E-state index >= 15 is 0 Å². The molecule has 110 valence electrons. The summed E-state index contributed by atoms with van der Waals surface area (Å²) in [5.41, 5.74) is 0. The molecular formula is C16H35NO. The van der Waals surface area contributed by atoms with Crippen molar-refractivity contribution in [3.63, 3.8) is 0 Å². The Kier molecular flexibility index (Phi) is 13.3. The second-order valence-electron chi connectivity index (χ2n) is 5.94. The van der Waals surface area contributed by atoms with Crippen molar-refractivity contribution in [3.8, 4) is 0 Å². The fourth-order valence-electron chi connectivity index (χ4n) is 2.36. The molecule has 0 aromatic heterocycles. The number of nitrogens with one attached hydrogen (secondary N) is 1. The molecule has 0 aliphatic carbocycles. The molecule has 2 heteroatoms. The van der Waals surface area contributed by atoms with E-state index in [0.29, 0.717) is 12.0 Å². The van der Waals surface area contributed by atoms with E-state index in [-0.39, 0.29) is 6.61 Å². The lowest BCUT2D eigenvalue weighted by atomic mass is 10.0. The average Bonchev–Trinajstić information content (AvgIpc) is 2.35. The Morgan fingerprint density at radius 1 is 0.889 bits per heavy atom. The van der Waals surface area contributed by atoms with Crippen LogP contribution in [0.1, 0.15) is 78.6 Å². The Morgan fingerprint density at radius 3 is 1.94 bits per heavy atom. The summed E-state index contributed by atoms with van der Waals surface area (Å²) in [6.45, 7) is 8.02. The predicted octanol–water partition coefficient (Wildman–Crippen LogP) is 4.12. The van der Waals surface area contributed by atoms with Crippen LogP contribution in [0.2, 0.25) is 0 Å². The zero-order valence-corrected chi connectivity index (χ0v) is 12.9. The maximum absolute atomic E-state index is 9.24. The highest BCUT2D eigenvalue weighted by Crippen LogP contribution is 2.08. The topological polar surface area (TPSA) is 32.3 Å². The lowest BCUT2D eigenvalue weighted by Crippen LogP contribution is -2.34. The van der Waals surface area contributed by atoms with Gasteiger partial charge in [-0.2, -0.15) is 0 Å². The summed E-state index contributed by atoms with van der Waals surface area (Å²) >= 11 is 0. The first-order valence-electron chi connectivity index (χ1n) is 8.05. The molecule has 2 N–H and O–H groups in total. The fourth-order valence-corrected chi connectivity index (χ4v) is 2.36. The number of aliphatic hydroxyl groups is 1. The maximum Gasteiger partial charge on any atom is 0.0584 e. The molecule has 0 saturated carbocycles. The van der Waals surface area contributed by atoms with E-state index < -0.39 is 0 Å². The van der Waals surface area contributed by atoms with Gasteiger partial charge in [0, 0.05) is 6.04 Å². The smallest absolute Gasteiger partial charge is 0.0584 e. The van der Waals surface area contributed by atoms with Gasteiger partial charge in [0.25, 0.3) is 0 Å². The lowest BCUT2D eigenvalue weighted by Gasteiger charge is -2.18. The Bertz CT molecular complexity index is 159. The van der Waals surface area contributed by atoms with E-state index in [9.17, 15) is 5.11 Å². The second kappa shape index (κ2) is 13.4. The van der Waals surface area contributed by atoms with Crippen LogP contribution in [0.5, 0.6) is 0 Å². The van der Waals surface area contributed by atoms with Crippen molar-refractivity contribution < 1.29 is 5.11 Å². The molecule has 0 aromatic carbocycles. The van der Waals surface area contributed by atoms with Gasteiger partial charge in [0.05, 0.1) is 6.61 Å². The van der Waals surface area contributed by atoms with Gasteiger partial charge in [0.15, 0.2) is 0 Å². The Hall–Kier alpha value is -0.0800. The Labute approximate surface area is 115 Å². The molecule has 0 aromatic rings. The van der Waals surface area contributed by atoms with Crippen molar-refractivity contribution in [1.82, 2.24) is 5.32 Å². The summed E-state index contributed by atoms with van der Waals surface area (Å²) in [6.07, 6.45) is 12.0. The molecule has 2 nitrogen and oxygen atoms in total. The fraction of sp³-hybridized carbons (Fsp3) is 1.00. The predicted molar refractivity (Wildman–Crippen MR) is 80.9 cm³/mol. The standard InChI is InChI=1S/C16H35NO/c1-4-5-6-7-8-9-10-11-12-17-16(14-18)13-15(2)3/h15-18H,4-14H2,1-3H3/t16-/m0/s1. The van der Waals surface area contributed by atoms with Crippen molar-refractivity contribution in [2.24, 2.45) is 5.92 Å². The monoisotopic (exact) mass is 257 g/mol. The average molecular weight is 257 g/mol. The highest BCUT2D eigenvalue weighted by Gasteiger charge is 2.07. The van der Waals surface area contributed by atoms with Gasteiger partial charge in [0.2, 0.25) is 0 Å². The van der Waals surface area contributed by atoms with Crippen LogP contribution in [0, 0.1) is 5.92 Å². The third-order valence-electron chi connectivity index (χ3n) is 3.44. The van der Waals surface area contributed by atoms with Crippen LogP contribution < -0.4 is 5.32 Å². The van der Waals surface area contributed by atoms with Crippen LogP contribution in [0.15, 0.2) is 0 Å². The Morgan fingerprint density at radius 2 is 1.44 bits per heavy atom. The molecule has 0 spiro atoms. The van der Waals surface area contributed by atoms with Gasteiger partial charge in [0.1, 0.15) is 0 Å². The lowest BCUT2D eigenvalue weighted by molar-refractivity contribution is 0.224. The second-order valence-corrected chi connectivity index (χ2v) is 5.94. The number of rotatable bonds is 13. The van der Waals surface area contributed by atoms with Crippen LogP contribution in [-0.4, -0.2) is 24.3 Å². The van der Waals surface area contributed by atoms with Crippen molar-refractivity contribution >= 4 is 0 Å². The van der Waals surface area contributed by atoms with E-state index in [4.69, 9.17) is 0 Å². The summed E-state index contributed by atoms with van der Waals surface area (Å²) < 4.78 is 0. The SMILES string of the molecule is CCCCCCCCCCN[C@H](CO)CC(C)C. The van der Waals surface area contributed by atoms with Gasteiger partial charge >= 0.3 is 0 Å². The zero-order chi connectivity index (χ0) is 13.6. The summed E-state index contributed by atoms with van der Waals surface area (Å²) in [6, 6.07) is 0.301. The van der Waals surface area contributed by atoms with Gasteiger partial charge in [-0.1, -0.05) is 65.7 Å². The van der Waals surface area contributed by atoms with Crippen LogP contribution in [0.3, 0.4) is 0 Å². The van der Waals surface area contributed by atoms with Gasteiger partial charge in [-0.15, -0.1) is 0 Å². The molecule has 0 saturated heterocycles. The highest BCUT2D eigenvalue weighted by atomic mass is 16.3. The molecule has 0 radical (unpaired) electrons. The third-order valence-corrected chi connectivity index (χ3v) is 3.44. The van der Waals surface area contributed by atoms with Crippen LogP contribution in [0.25, 0.3) is 0 Å². The normalized spacial score (nSPS) is 13.2. The first kappa shape index (κ1) is 17.9. The molecule has 0 heterocycles. The first-order chi connectivity index (χ1) is 8.70. The van der Waals surface area contributed by atoms with E-state index in [1.54, 1.807) is 0 Å². The molecule has 18 heavy (non-hydrogen) atoms. The largest absolute Gasteiger partial charge is 0.395 e. The Balaban J connectivity index is 3.23. The zero-order valence-electron chi connectivity index (χ0n) is 12.9. The summed E-state index contributed by atoms with van der Waals surface area (Å²) in [4.78, 5) is 0. The highest BCUT2D eigenvalue weighted by molar-refractivity contribution is 4.67. The van der Waals surface area contributed by atoms with Crippen molar-refractivity contribution in [1.29, 1.82) is 0 Å². The van der Waals surface area contributed by atoms with Gasteiger partial charge < -0.3 is 10.4 Å². The number of hydrogen-bond donors (Lipinski definition) is 2. The minimum absolute atomic E-state index is 0.273. The summed E-state index contributed by atoms with van der Waals surface area (Å²) in [5.74, 6) is 0.660. The van der Waals surface area contributed by atoms with E-state index in [0.717, 1.165) is 13.0 Å². The van der Waals surface area contributed by atoms with Crippen LogP contribution >= 0.6 is 0 Å². The number of aliphatic hydroxyl groups excluding tert-OH is 1. The quantitative estimate of drug-likeness (QED) is 0.486. The minimum atomic E-state index is 0.273. The van der Waals surface area contributed by atoms with Crippen molar-refractivity contribution in [2.45, 2.75) is 84.6 Å². The minimum Gasteiger partial charge on any atom is -0.395 e. The molecule has 0 bridgehead atoms. The number of unbranched alkanes of at least 4 members (excludes halogenated alkanes) is 7. The van der Waals surface area contributed by atoms with E-state index in [1.165, 1.54) is 51.4 Å². The maximum atomic E-state index is 9.24. The molecule has 0 unspecified atom stereocenters. The summed E-state index contributed by atoms with van der Waals surface area (Å²) in [7, 11) is 0. The molecule has 0 rings (SSSR count). The van der Waals surface area contributed by atoms with Gasteiger partial charge in [-0.25, -0.2) is 0 Å². The van der Waals surface area contributed by atoms with Crippen LogP contribution in [-0.2, 0) is 0 Å². The van der Waals surface area contributed by atoms with E-state index in [1.807, 2.05) is 0 Å². The molecule has 1 atom stereocenters. The third kappa shape index (κ3) is 12.4. The molecule has 0 fully saturated rings. The summed E-state index contributed by atoms with van der Waals surface area (Å²) in [5, 5.41) is 12.7. The number of hydrogen-bond acceptors (Lipinski definition) is 2. The molecule has 0 aliphatic heterocycles. The molecule has 0 aliphatic rings. The molecular weight excluding hydrogens is 222 g/mol. The van der Waals surface area contributed by atoms with Crippen molar-refractivity contribution in [3.05, 3.63) is 0 Å². The van der Waals surface area contributed by atoms with Crippen molar-refractivity contribution in [2.75, 3.05) is 13.2 Å². The van der Waals surface area contributed by atoms with Gasteiger partial charge in [-0.05, 0) is 25.3 Å². The van der Waals surface area contributed by atoms with Gasteiger partial charge in [-0.3, -0.25) is 0 Å². The molecule has 0 amide bonds. The van der Waals surface area contributed by atoms with E-state index in [2.05, 4.69) is 26.1 Å². The van der Waals surface area contributed by atoms with Crippen LogP contribution in [0.4, 0.5) is 0 Å².